The number of aromatic nitrogens is 2. The number of ether oxygens (including phenoxy) is 1. The van der Waals surface area contributed by atoms with Gasteiger partial charge in [-0.15, -0.1) is 0 Å². The summed E-state index contributed by atoms with van der Waals surface area (Å²) in [6.45, 7) is 2.95. The normalized spacial score (nSPS) is 12.1. The largest absolute Gasteiger partial charge is 0.468 e. The second kappa shape index (κ2) is 5.57. The number of nitrogens with two attached hydrogens (primary N) is 1. The molecule has 0 atom stereocenters. The second-order valence-corrected chi connectivity index (χ2v) is 6.13. The molecule has 108 valence electrons. The molecule has 1 aromatic heterocycles. The van der Waals surface area contributed by atoms with Crippen molar-refractivity contribution in [3.8, 4) is 0 Å². The van der Waals surface area contributed by atoms with Crippen LogP contribution in [0.3, 0.4) is 0 Å². The summed E-state index contributed by atoms with van der Waals surface area (Å²) < 4.78 is 31.7. The second-order valence-electron chi connectivity index (χ2n) is 4.27. The number of methoxy groups -OCH3 is 1. The van der Waals surface area contributed by atoms with E-state index in [1.165, 1.54) is 18.0 Å². The Morgan fingerprint density at radius 2 is 2.16 bits per heavy atom. The molecule has 2 N–H and O–H groups in total. The highest BCUT2D eigenvalue weighted by molar-refractivity contribution is 7.89. The maximum atomic E-state index is 12.4. The first kappa shape index (κ1) is 15.4. The fourth-order valence-electron chi connectivity index (χ4n) is 1.55. The van der Waals surface area contributed by atoms with Crippen molar-refractivity contribution in [2.75, 3.05) is 19.4 Å². The van der Waals surface area contributed by atoms with Crippen LogP contribution in [0, 0.1) is 0 Å². The Hall–Kier alpha value is -1.61. The quantitative estimate of drug-likeness (QED) is 0.738. The topological polar surface area (TPSA) is 108 Å². The van der Waals surface area contributed by atoms with Crippen molar-refractivity contribution >= 4 is 21.8 Å². The number of esters is 1. The molecule has 8 nitrogen and oxygen atoms in total. The van der Waals surface area contributed by atoms with E-state index in [4.69, 9.17) is 5.73 Å². The lowest BCUT2D eigenvalue weighted by atomic mass is 10.4. The monoisotopic (exact) mass is 290 g/mol. The van der Waals surface area contributed by atoms with E-state index in [0.29, 0.717) is 0 Å². The number of nitrogens with zero attached hydrogens (tertiary/aromatic N) is 3. The lowest BCUT2D eigenvalue weighted by molar-refractivity contribution is -0.141. The maximum Gasteiger partial charge on any atom is 0.321 e. The van der Waals surface area contributed by atoms with Crippen molar-refractivity contribution in [1.82, 2.24) is 14.1 Å². The number of nitrogen functional groups attached to an aromatic ring is 1. The van der Waals surface area contributed by atoms with Gasteiger partial charge in [0.1, 0.15) is 11.4 Å². The first-order valence-corrected chi connectivity index (χ1v) is 7.02. The molecule has 19 heavy (non-hydrogen) atoms. The Balaban J connectivity index is 3.21. The molecule has 0 fully saturated rings. The molecule has 0 aromatic carbocycles. The average Bonchev–Trinajstić information content (AvgIpc) is 2.65. The van der Waals surface area contributed by atoms with E-state index in [9.17, 15) is 13.2 Å². The number of aryl methyl sites for hydroxylation is 1. The molecule has 0 aliphatic carbocycles. The van der Waals surface area contributed by atoms with Gasteiger partial charge < -0.3 is 10.5 Å². The molecule has 0 bridgehead atoms. The number of carbonyl (C=O) groups excluding carboxylic acids is 1. The van der Waals surface area contributed by atoms with Gasteiger partial charge in [-0.2, -0.15) is 9.40 Å². The minimum Gasteiger partial charge on any atom is -0.468 e. The van der Waals surface area contributed by atoms with Gasteiger partial charge in [0.05, 0.1) is 7.11 Å². The maximum absolute atomic E-state index is 12.4. The average molecular weight is 290 g/mol. The third kappa shape index (κ3) is 3.24. The molecule has 0 aliphatic heterocycles. The fourth-order valence-corrected chi connectivity index (χ4v) is 3.22. The van der Waals surface area contributed by atoms with Crippen molar-refractivity contribution in [3.05, 3.63) is 6.20 Å². The third-order valence-corrected chi connectivity index (χ3v) is 4.54. The van der Waals surface area contributed by atoms with Crippen LogP contribution in [-0.4, -0.2) is 48.2 Å². The number of hydrogen-bond acceptors (Lipinski definition) is 6. The van der Waals surface area contributed by atoms with Gasteiger partial charge in [0.2, 0.25) is 10.0 Å². The highest BCUT2D eigenvalue weighted by Crippen LogP contribution is 2.22. The Labute approximate surface area is 112 Å². The zero-order chi connectivity index (χ0) is 14.8. The van der Waals surface area contributed by atoms with E-state index < -0.39 is 22.0 Å². The van der Waals surface area contributed by atoms with E-state index >= 15 is 0 Å². The first-order chi connectivity index (χ1) is 8.70. The minimum atomic E-state index is -3.89. The molecule has 0 radical (unpaired) electrons. The highest BCUT2D eigenvalue weighted by Gasteiger charge is 2.32. The zero-order valence-corrected chi connectivity index (χ0v) is 12.1. The molecule has 1 aromatic rings. The van der Waals surface area contributed by atoms with Crippen LogP contribution in [0.25, 0.3) is 0 Å². The van der Waals surface area contributed by atoms with Crippen LogP contribution in [0.4, 0.5) is 5.82 Å². The van der Waals surface area contributed by atoms with Gasteiger partial charge in [0.25, 0.3) is 0 Å². The first-order valence-electron chi connectivity index (χ1n) is 5.58. The highest BCUT2D eigenvalue weighted by atomic mass is 32.2. The van der Waals surface area contributed by atoms with Crippen LogP contribution in [-0.2, 0) is 26.6 Å². The fraction of sp³-hybridized carbons (Fsp3) is 0.600. The third-order valence-electron chi connectivity index (χ3n) is 2.50. The Morgan fingerprint density at radius 1 is 1.58 bits per heavy atom. The van der Waals surface area contributed by atoms with Crippen LogP contribution in [0.1, 0.15) is 13.8 Å². The van der Waals surface area contributed by atoms with Crippen molar-refractivity contribution in [2.45, 2.75) is 24.8 Å². The molecule has 0 spiro atoms. The van der Waals surface area contributed by atoms with E-state index in [2.05, 4.69) is 9.84 Å². The predicted molar refractivity (Wildman–Crippen MR) is 68.7 cm³/mol. The summed E-state index contributed by atoms with van der Waals surface area (Å²) in [5.74, 6) is -0.738. The van der Waals surface area contributed by atoms with Gasteiger partial charge in [-0.25, -0.2) is 8.42 Å². The van der Waals surface area contributed by atoms with Crippen LogP contribution in [0.2, 0.25) is 0 Å². The van der Waals surface area contributed by atoms with Crippen LogP contribution < -0.4 is 5.73 Å². The van der Waals surface area contributed by atoms with Gasteiger partial charge >= 0.3 is 5.97 Å². The molecular weight excluding hydrogens is 272 g/mol. The Bertz CT molecular complexity index is 564. The number of rotatable bonds is 5. The molecule has 0 aliphatic rings. The summed E-state index contributed by atoms with van der Waals surface area (Å²) >= 11 is 0. The predicted octanol–water partition coefficient (Wildman–Crippen LogP) is -0.426. The van der Waals surface area contributed by atoms with Crippen LogP contribution >= 0.6 is 0 Å². The van der Waals surface area contributed by atoms with Gasteiger partial charge in [0, 0.05) is 19.3 Å². The lowest BCUT2D eigenvalue weighted by Gasteiger charge is -2.24. The van der Waals surface area contributed by atoms with E-state index in [0.717, 1.165) is 4.31 Å². The summed E-state index contributed by atoms with van der Waals surface area (Å²) in [5, 5.41) is 3.79. The minimum absolute atomic E-state index is 0.0991. The molecule has 1 rings (SSSR count). The standard InChI is InChI=1S/C10H18N4O4S/c1-7(2)14(6-9(15)18-4)19(16,17)8-5-13(3)12-10(8)11/h5,7H,6H2,1-4H3,(H2,11,12). The van der Waals surface area contributed by atoms with E-state index in [1.54, 1.807) is 20.9 Å². The zero-order valence-electron chi connectivity index (χ0n) is 11.3. The van der Waals surface area contributed by atoms with E-state index in [1.807, 2.05) is 0 Å². The Morgan fingerprint density at radius 3 is 2.53 bits per heavy atom. The van der Waals surface area contributed by atoms with Gasteiger partial charge in [0.15, 0.2) is 5.82 Å². The summed E-state index contributed by atoms with van der Waals surface area (Å²) in [6, 6.07) is -0.413. The van der Waals surface area contributed by atoms with Crippen molar-refractivity contribution in [2.24, 2.45) is 7.05 Å². The summed E-state index contributed by atoms with van der Waals surface area (Å²) in [4.78, 5) is 11.2. The molecule has 9 heteroatoms. The molecule has 0 saturated heterocycles. The van der Waals surface area contributed by atoms with Gasteiger partial charge in [-0.1, -0.05) is 0 Å². The van der Waals surface area contributed by atoms with Crippen molar-refractivity contribution < 1.29 is 17.9 Å². The molecule has 0 saturated carbocycles. The molecule has 1 heterocycles. The number of anilines is 1. The number of sulfonamides is 1. The van der Waals surface area contributed by atoms with Gasteiger partial charge in [-0.05, 0) is 13.8 Å². The number of hydrogen-bond donors (Lipinski definition) is 1. The lowest BCUT2D eigenvalue weighted by Crippen LogP contribution is -2.41. The van der Waals surface area contributed by atoms with Crippen molar-refractivity contribution in [1.29, 1.82) is 0 Å². The van der Waals surface area contributed by atoms with Crippen LogP contribution in [0.5, 0.6) is 0 Å². The van der Waals surface area contributed by atoms with Crippen LogP contribution in [0.15, 0.2) is 11.1 Å². The van der Waals surface area contributed by atoms with Gasteiger partial charge in [-0.3, -0.25) is 9.48 Å². The molecular formula is C10H18N4O4S. The summed E-state index contributed by atoms with van der Waals surface area (Å²) in [5.41, 5.74) is 5.57. The smallest absolute Gasteiger partial charge is 0.321 e. The van der Waals surface area contributed by atoms with E-state index in [-0.39, 0.29) is 17.3 Å². The molecule has 0 unspecified atom stereocenters. The Kier molecular flexibility index (Phi) is 4.53. The summed E-state index contributed by atoms with van der Waals surface area (Å²) in [6.07, 6.45) is 1.30. The summed E-state index contributed by atoms with van der Waals surface area (Å²) in [7, 11) is -1.13. The van der Waals surface area contributed by atoms with Crippen molar-refractivity contribution in [3.63, 3.8) is 0 Å². The SMILES string of the molecule is COC(=O)CN(C(C)C)S(=O)(=O)c1cn(C)nc1N. The number of carbonyl (C=O) groups is 1. The molecule has 0 amide bonds.